The van der Waals surface area contributed by atoms with Crippen LogP contribution in [-0.4, -0.2) is 45.5 Å². The molecular formula is C26H31N7O2. The maximum atomic E-state index is 12.6. The van der Waals surface area contributed by atoms with E-state index in [-0.39, 0.29) is 30.7 Å². The van der Waals surface area contributed by atoms with Crippen molar-refractivity contribution in [3.05, 3.63) is 53.0 Å². The molecule has 4 rings (SSSR count). The van der Waals surface area contributed by atoms with Crippen molar-refractivity contribution < 1.29 is 9.59 Å². The molecule has 1 aliphatic rings. The number of fused-ring (bicyclic) bond motifs is 1. The van der Waals surface area contributed by atoms with Crippen LogP contribution >= 0.6 is 0 Å². The van der Waals surface area contributed by atoms with Gasteiger partial charge in [0.05, 0.1) is 6.20 Å². The summed E-state index contributed by atoms with van der Waals surface area (Å²) in [6, 6.07) is 9.71. The molecule has 0 radical (unpaired) electrons. The van der Waals surface area contributed by atoms with Gasteiger partial charge in [-0.15, -0.1) is 0 Å². The average Bonchev–Trinajstić information content (AvgIpc) is 3.49. The maximum absolute atomic E-state index is 12.6. The molecular weight excluding hydrogens is 442 g/mol. The van der Waals surface area contributed by atoms with Crippen molar-refractivity contribution >= 4 is 28.8 Å². The van der Waals surface area contributed by atoms with E-state index in [0.29, 0.717) is 17.6 Å². The molecule has 1 aliphatic heterocycles. The van der Waals surface area contributed by atoms with Gasteiger partial charge in [-0.3, -0.25) is 9.59 Å². The highest BCUT2D eigenvalue weighted by Crippen LogP contribution is 2.23. The standard InChI is InChI=1S/C26H31N7O2/c1-17(13-25(35)31-21-7-6-8-22(14-21)32-11-4-5-12-32)29-24(34)10-9-23-18(2)30-26-20(15-27)16-28-33(26)19(23)3/h6-8,14,16-17H,4-5,9-13H2,1-3H3,(H,29,34)(H,31,35). The van der Waals surface area contributed by atoms with Gasteiger partial charge in [0.1, 0.15) is 11.6 Å². The van der Waals surface area contributed by atoms with E-state index in [4.69, 9.17) is 0 Å². The van der Waals surface area contributed by atoms with Crippen LogP contribution in [0.5, 0.6) is 0 Å². The first-order chi connectivity index (χ1) is 16.9. The highest BCUT2D eigenvalue weighted by atomic mass is 16.2. The molecule has 35 heavy (non-hydrogen) atoms. The molecule has 0 bridgehead atoms. The molecule has 3 aromatic rings. The molecule has 3 heterocycles. The Balaban J connectivity index is 1.28. The molecule has 2 amide bonds. The lowest BCUT2D eigenvalue weighted by molar-refractivity contribution is -0.122. The maximum Gasteiger partial charge on any atom is 0.226 e. The van der Waals surface area contributed by atoms with Crippen molar-refractivity contribution in [1.82, 2.24) is 19.9 Å². The third-order valence-corrected chi connectivity index (χ3v) is 6.43. The highest BCUT2D eigenvalue weighted by molar-refractivity contribution is 5.92. The molecule has 1 atom stereocenters. The van der Waals surface area contributed by atoms with Crippen LogP contribution < -0.4 is 15.5 Å². The molecule has 1 unspecified atom stereocenters. The van der Waals surface area contributed by atoms with Crippen LogP contribution in [0.3, 0.4) is 0 Å². The van der Waals surface area contributed by atoms with E-state index in [1.807, 2.05) is 39.0 Å². The van der Waals surface area contributed by atoms with Crippen LogP contribution in [0.25, 0.3) is 5.65 Å². The summed E-state index contributed by atoms with van der Waals surface area (Å²) in [6.45, 7) is 7.71. The Hall–Kier alpha value is -3.93. The van der Waals surface area contributed by atoms with Gasteiger partial charge in [-0.1, -0.05) is 6.07 Å². The normalized spacial score (nSPS) is 14.1. The Morgan fingerprint density at radius 3 is 2.71 bits per heavy atom. The van der Waals surface area contributed by atoms with Crippen LogP contribution in [0.1, 0.15) is 55.1 Å². The van der Waals surface area contributed by atoms with Crippen molar-refractivity contribution in [2.24, 2.45) is 0 Å². The molecule has 0 spiro atoms. The molecule has 0 aliphatic carbocycles. The topological polar surface area (TPSA) is 115 Å². The zero-order valence-corrected chi connectivity index (χ0v) is 20.5. The third-order valence-electron chi connectivity index (χ3n) is 6.43. The lowest BCUT2D eigenvalue weighted by Gasteiger charge is -2.19. The van der Waals surface area contributed by atoms with Crippen LogP contribution in [0.15, 0.2) is 30.5 Å². The minimum Gasteiger partial charge on any atom is -0.371 e. The number of hydrogen-bond donors (Lipinski definition) is 2. The number of benzene rings is 1. The fourth-order valence-corrected chi connectivity index (χ4v) is 4.63. The number of nitrogens with zero attached hydrogens (tertiary/aromatic N) is 5. The van der Waals surface area contributed by atoms with Gasteiger partial charge in [0, 0.05) is 54.7 Å². The minimum atomic E-state index is -0.295. The zero-order valence-electron chi connectivity index (χ0n) is 20.5. The summed E-state index contributed by atoms with van der Waals surface area (Å²) in [5.74, 6) is -0.261. The minimum absolute atomic E-state index is 0.126. The quantitative estimate of drug-likeness (QED) is 0.519. The number of nitrogens with one attached hydrogen (secondary N) is 2. The fourth-order valence-electron chi connectivity index (χ4n) is 4.63. The summed E-state index contributed by atoms with van der Waals surface area (Å²) in [5.41, 5.74) is 5.43. The molecule has 2 aromatic heterocycles. The number of carbonyl (C=O) groups is 2. The predicted molar refractivity (Wildman–Crippen MR) is 134 cm³/mol. The SMILES string of the molecule is Cc1nc2c(C#N)cnn2c(C)c1CCC(=O)NC(C)CC(=O)Nc1cccc(N2CCCC2)c1. The number of aryl methyl sites for hydroxylation is 2. The summed E-state index contributed by atoms with van der Waals surface area (Å²) < 4.78 is 1.64. The first-order valence-electron chi connectivity index (χ1n) is 12.0. The third kappa shape index (κ3) is 5.60. The smallest absolute Gasteiger partial charge is 0.226 e. The molecule has 1 saturated heterocycles. The number of carbonyl (C=O) groups excluding carboxylic acids is 2. The monoisotopic (exact) mass is 473 g/mol. The molecule has 0 saturated carbocycles. The van der Waals surface area contributed by atoms with Gasteiger partial charge < -0.3 is 15.5 Å². The van der Waals surface area contributed by atoms with Crippen LogP contribution in [0.4, 0.5) is 11.4 Å². The molecule has 9 heteroatoms. The lowest BCUT2D eigenvalue weighted by Crippen LogP contribution is -2.35. The summed E-state index contributed by atoms with van der Waals surface area (Å²) >= 11 is 0. The van der Waals surface area contributed by atoms with E-state index in [2.05, 4.69) is 37.8 Å². The predicted octanol–water partition coefficient (Wildman–Crippen LogP) is 3.28. The second kappa shape index (κ2) is 10.6. The molecule has 1 fully saturated rings. The summed E-state index contributed by atoms with van der Waals surface area (Å²) in [5, 5.41) is 19.3. The van der Waals surface area contributed by atoms with Gasteiger partial charge in [-0.2, -0.15) is 10.4 Å². The van der Waals surface area contributed by atoms with Gasteiger partial charge in [0.2, 0.25) is 11.8 Å². The number of anilines is 2. The second-order valence-electron chi connectivity index (χ2n) is 9.13. The van der Waals surface area contributed by atoms with Crippen molar-refractivity contribution in [2.75, 3.05) is 23.3 Å². The van der Waals surface area contributed by atoms with Crippen molar-refractivity contribution in [1.29, 1.82) is 5.26 Å². The van der Waals surface area contributed by atoms with Gasteiger partial charge in [-0.25, -0.2) is 9.50 Å². The Labute approximate surface area is 205 Å². The Kier molecular flexibility index (Phi) is 7.30. The summed E-state index contributed by atoms with van der Waals surface area (Å²) in [7, 11) is 0. The fraction of sp³-hybridized carbons (Fsp3) is 0.423. The van der Waals surface area contributed by atoms with Crippen molar-refractivity contribution in [3.63, 3.8) is 0 Å². The Morgan fingerprint density at radius 1 is 1.20 bits per heavy atom. The van der Waals surface area contributed by atoms with E-state index in [1.165, 1.54) is 19.0 Å². The van der Waals surface area contributed by atoms with E-state index in [0.717, 1.165) is 41.4 Å². The highest BCUT2D eigenvalue weighted by Gasteiger charge is 2.17. The van der Waals surface area contributed by atoms with E-state index < -0.39 is 0 Å². The van der Waals surface area contributed by atoms with Crippen molar-refractivity contribution in [2.45, 2.75) is 58.9 Å². The first-order valence-corrected chi connectivity index (χ1v) is 12.0. The van der Waals surface area contributed by atoms with E-state index in [9.17, 15) is 14.9 Å². The Morgan fingerprint density at radius 2 is 1.97 bits per heavy atom. The molecule has 1 aromatic carbocycles. The number of rotatable bonds is 8. The summed E-state index contributed by atoms with van der Waals surface area (Å²) in [6.07, 6.45) is 4.85. The second-order valence-corrected chi connectivity index (χ2v) is 9.13. The van der Waals surface area contributed by atoms with Crippen LogP contribution in [0, 0.1) is 25.2 Å². The average molecular weight is 474 g/mol. The summed E-state index contributed by atoms with van der Waals surface area (Å²) in [4.78, 5) is 31.9. The van der Waals surface area contributed by atoms with E-state index >= 15 is 0 Å². The zero-order chi connectivity index (χ0) is 24.9. The lowest BCUT2D eigenvalue weighted by atomic mass is 10.1. The van der Waals surface area contributed by atoms with Crippen LogP contribution in [-0.2, 0) is 16.0 Å². The number of hydrogen-bond acceptors (Lipinski definition) is 6. The van der Waals surface area contributed by atoms with Gasteiger partial charge >= 0.3 is 0 Å². The molecule has 2 N–H and O–H groups in total. The number of aromatic nitrogens is 3. The van der Waals surface area contributed by atoms with Gasteiger partial charge in [0.15, 0.2) is 5.65 Å². The van der Waals surface area contributed by atoms with Crippen molar-refractivity contribution in [3.8, 4) is 6.07 Å². The van der Waals surface area contributed by atoms with Crippen LogP contribution in [0.2, 0.25) is 0 Å². The number of nitriles is 1. The van der Waals surface area contributed by atoms with E-state index in [1.54, 1.807) is 4.52 Å². The number of amides is 2. The largest absolute Gasteiger partial charge is 0.371 e. The molecule has 182 valence electrons. The first kappa shape index (κ1) is 24.2. The van der Waals surface area contributed by atoms with Gasteiger partial charge in [0.25, 0.3) is 0 Å². The van der Waals surface area contributed by atoms with Gasteiger partial charge in [-0.05, 0) is 63.8 Å². The Bertz CT molecular complexity index is 1280. The molecule has 9 nitrogen and oxygen atoms in total.